The van der Waals surface area contributed by atoms with Gasteiger partial charge in [-0.25, -0.2) is 4.39 Å². The van der Waals surface area contributed by atoms with Crippen LogP contribution in [0.5, 0.6) is 0 Å². The molecule has 2 aliphatic rings. The van der Waals surface area contributed by atoms with E-state index in [1.165, 1.54) is 24.1 Å². The highest BCUT2D eigenvalue weighted by atomic mass is 19.1. The van der Waals surface area contributed by atoms with Crippen molar-refractivity contribution in [2.24, 2.45) is 5.92 Å². The van der Waals surface area contributed by atoms with E-state index < -0.39 is 0 Å². The van der Waals surface area contributed by atoms with Crippen LogP contribution in [0.4, 0.5) is 4.39 Å². The predicted molar refractivity (Wildman–Crippen MR) is 85.1 cm³/mol. The maximum atomic E-state index is 12.8. The molecule has 1 saturated carbocycles. The number of carbonyl (C=O) groups excluding carboxylic acids is 1. The van der Waals surface area contributed by atoms with Gasteiger partial charge in [0.15, 0.2) is 0 Å². The maximum Gasteiger partial charge on any atom is 0.225 e. The van der Waals surface area contributed by atoms with Gasteiger partial charge in [-0.2, -0.15) is 0 Å². The fraction of sp³-hybridized carbons (Fsp3) is 0.611. The second kappa shape index (κ2) is 7.23. The Morgan fingerprint density at radius 3 is 2.36 bits per heavy atom. The van der Waals surface area contributed by atoms with E-state index in [1.807, 2.05) is 12.1 Å². The molecule has 1 saturated heterocycles. The molecule has 1 aliphatic heterocycles. The molecular formula is C18H25FN2O. The standard InChI is InChI=1S/C18H25FN2O/c19-17-8-6-15(7-9-17)3-2-10-20-11-13-21(14-12-20)18(22)16-4-1-5-16/h6-9,16H,1-5,10-14H2. The summed E-state index contributed by atoms with van der Waals surface area (Å²) < 4.78 is 12.8. The van der Waals surface area contributed by atoms with Crippen molar-refractivity contribution >= 4 is 5.91 Å². The minimum absolute atomic E-state index is 0.170. The van der Waals surface area contributed by atoms with E-state index in [2.05, 4.69) is 9.80 Å². The Morgan fingerprint density at radius 2 is 1.77 bits per heavy atom. The molecule has 1 aromatic carbocycles. The number of amides is 1. The average Bonchev–Trinajstić information content (AvgIpc) is 2.48. The molecule has 0 spiro atoms. The number of carbonyl (C=O) groups is 1. The summed E-state index contributed by atoms with van der Waals surface area (Å²) in [6.45, 7) is 4.80. The third-order valence-electron chi connectivity index (χ3n) is 4.99. The smallest absolute Gasteiger partial charge is 0.225 e. The van der Waals surface area contributed by atoms with Crippen LogP contribution in [0.15, 0.2) is 24.3 Å². The van der Waals surface area contributed by atoms with Crippen molar-refractivity contribution in [2.45, 2.75) is 32.1 Å². The quantitative estimate of drug-likeness (QED) is 0.835. The molecule has 0 bridgehead atoms. The van der Waals surface area contributed by atoms with E-state index in [9.17, 15) is 9.18 Å². The second-order valence-corrected chi connectivity index (χ2v) is 6.52. The zero-order chi connectivity index (χ0) is 15.4. The lowest BCUT2D eigenvalue weighted by Crippen LogP contribution is -2.51. The van der Waals surface area contributed by atoms with E-state index in [0.717, 1.165) is 58.4 Å². The summed E-state index contributed by atoms with van der Waals surface area (Å²) in [5.74, 6) is 0.540. The molecule has 1 heterocycles. The third kappa shape index (κ3) is 3.86. The van der Waals surface area contributed by atoms with Crippen molar-refractivity contribution < 1.29 is 9.18 Å². The second-order valence-electron chi connectivity index (χ2n) is 6.52. The number of hydrogen-bond donors (Lipinski definition) is 0. The van der Waals surface area contributed by atoms with Gasteiger partial charge < -0.3 is 4.90 Å². The number of rotatable bonds is 5. The van der Waals surface area contributed by atoms with Gasteiger partial charge in [0.05, 0.1) is 0 Å². The molecule has 4 heteroatoms. The summed E-state index contributed by atoms with van der Waals surface area (Å²) in [5, 5.41) is 0. The molecule has 0 radical (unpaired) electrons. The van der Waals surface area contributed by atoms with E-state index in [4.69, 9.17) is 0 Å². The number of hydrogen-bond acceptors (Lipinski definition) is 2. The number of halogens is 1. The summed E-state index contributed by atoms with van der Waals surface area (Å²) in [5.41, 5.74) is 1.19. The Morgan fingerprint density at radius 1 is 1.09 bits per heavy atom. The van der Waals surface area contributed by atoms with E-state index in [0.29, 0.717) is 11.8 Å². The molecule has 0 unspecified atom stereocenters. The van der Waals surface area contributed by atoms with Crippen molar-refractivity contribution in [2.75, 3.05) is 32.7 Å². The van der Waals surface area contributed by atoms with E-state index >= 15 is 0 Å². The monoisotopic (exact) mass is 304 g/mol. The fourth-order valence-electron chi connectivity index (χ4n) is 3.26. The van der Waals surface area contributed by atoms with Crippen molar-refractivity contribution in [3.63, 3.8) is 0 Å². The fourth-order valence-corrected chi connectivity index (χ4v) is 3.26. The van der Waals surface area contributed by atoms with E-state index in [-0.39, 0.29) is 5.82 Å². The van der Waals surface area contributed by atoms with Gasteiger partial charge in [-0.05, 0) is 49.9 Å². The SMILES string of the molecule is O=C(C1CCC1)N1CCN(CCCc2ccc(F)cc2)CC1. The van der Waals surface area contributed by atoms with Crippen LogP contribution < -0.4 is 0 Å². The highest BCUT2D eigenvalue weighted by Crippen LogP contribution is 2.28. The number of benzene rings is 1. The first-order chi connectivity index (χ1) is 10.7. The molecule has 0 aromatic heterocycles. The van der Waals surface area contributed by atoms with Gasteiger partial charge in [0, 0.05) is 32.1 Å². The molecule has 3 rings (SSSR count). The van der Waals surface area contributed by atoms with Crippen LogP contribution in [0.1, 0.15) is 31.2 Å². The molecule has 1 aromatic rings. The Kier molecular flexibility index (Phi) is 5.08. The van der Waals surface area contributed by atoms with Gasteiger partial charge in [0.1, 0.15) is 5.82 Å². The lowest BCUT2D eigenvalue weighted by Gasteiger charge is -2.38. The average molecular weight is 304 g/mol. The Bertz CT molecular complexity index is 490. The molecular weight excluding hydrogens is 279 g/mol. The minimum Gasteiger partial charge on any atom is -0.340 e. The van der Waals surface area contributed by atoms with Gasteiger partial charge in [-0.3, -0.25) is 9.69 Å². The zero-order valence-electron chi connectivity index (χ0n) is 13.1. The first kappa shape index (κ1) is 15.5. The predicted octanol–water partition coefficient (Wildman–Crippen LogP) is 2.70. The third-order valence-corrected chi connectivity index (χ3v) is 4.99. The molecule has 1 aliphatic carbocycles. The summed E-state index contributed by atoms with van der Waals surface area (Å²) in [4.78, 5) is 16.7. The number of nitrogens with zero attached hydrogens (tertiary/aromatic N) is 2. The largest absolute Gasteiger partial charge is 0.340 e. The van der Waals surface area contributed by atoms with E-state index in [1.54, 1.807) is 0 Å². The lowest BCUT2D eigenvalue weighted by molar-refractivity contribution is -0.139. The van der Waals surface area contributed by atoms with Gasteiger partial charge in [-0.1, -0.05) is 18.6 Å². The first-order valence-corrected chi connectivity index (χ1v) is 8.48. The summed E-state index contributed by atoms with van der Waals surface area (Å²) >= 11 is 0. The number of aryl methyl sites for hydroxylation is 1. The summed E-state index contributed by atoms with van der Waals surface area (Å²) in [6, 6.07) is 6.79. The van der Waals surface area contributed by atoms with Crippen molar-refractivity contribution in [3.8, 4) is 0 Å². The van der Waals surface area contributed by atoms with Crippen LogP contribution in [0.25, 0.3) is 0 Å². The molecule has 0 N–H and O–H groups in total. The number of piperazine rings is 1. The van der Waals surface area contributed by atoms with Gasteiger partial charge in [-0.15, -0.1) is 0 Å². The molecule has 22 heavy (non-hydrogen) atoms. The van der Waals surface area contributed by atoms with Crippen LogP contribution in [0.2, 0.25) is 0 Å². The molecule has 0 atom stereocenters. The Labute approximate surface area is 132 Å². The van der Waals surface area contributed by atoms with Crippen LogP contribution in [-0.2, 0) is 11.2 Å². The summed E-state index contributed by atoms with van der Waals surface area (Å²) in [6.07, 6.45) is 5.48. The Balaban J connectivity index is 1.35. The van der Waals surface area contributed by atoms with Gasteiger partial charge >= 0.3 is 0 Å². The van der Waals surface area contributed by atoms with Crippen LogP contribution >= 0.6 is 0 Å². The van der Waals surface area contributed by atoms with Crippen LogP contribution in [0, 0.1) is 11.7 Å². The van der Waals surface area contributed by atoms with Gasteiger partial charge in [0.25, 0.3) is 0 Å². The highest BCUT2D eigenvalue weighted by Gasteiger charge is 2.30. The molecule has 2 fully saturated rings. The maximum absolute atomic E-state index is 12.8. The van der Waals surface area contributed by atoms with Crippen molar-refractivity contribution in [1.82, 2.24) is 9.80 Å². The van der Waals surface area contributed by atoms with Crippen LogP contribution in [-0.4, -0.2) is 48.4 Å². The molecule has 3 nitrogen and oxygen atoms in total. The zero-order valence-corrected chi connectivity index (χ0v) is 13.1. The Hall–Kier alpha value is -1.42. The topological polar surface area (TPSA) is 23.6 Å². The molecule has 120 valence electrons. The highest BCUT2D eigenvalue weighted by molar-refractivity contribution is 5.79. The minimum atomic E-state index is -0.170. The summed E-state index contributed by atoms with van der Waals surface area (Å²) in [7, 11) is 0. The first-order valence-electron chi connectivity index (χ1n) is 8.48. The van der Waals surface area contributed by atoms with Crippen LogP contribution in [0.3, 0.4) is 0 Å². The normalized spacial score (nSPS) is 20.0. The lowest BCUT2D eigenvalue weighted by atomic mass is 9.84. The molecule has 1 amide bonds. The van der Waals surface area contributed by atoms with Crippen molar-refractivity contribution in [1.29, 1.82) is 0 Å². The van der Waals surface area contributed by atoms with Gasteiger partial charge in [0.2, 0.25) is 5.91 Å². The van der Waals surface area contributed by atoms with Crippen molar-refractivity contribution in [3.05, 3.63) is 35.6 Å².